The van der Waals surface area contributed by atoms with Crippen molar-refractivity contribution in [2.24, 2.45) is 0 Å². The van der Waals surface area contributed by atoms with Crippen LogP contribution in [0.15, 0.2) is 78.2 Å². The Kier molecular flexibility index (Phi) is 5.92. The molecule has 0 saturated carbocycles. The predicted octanol–water partition coefficient (Wildman–Crippen LogP) is 3.19. The summed E-state index contributed by atoms with van der Waals surface area (Å²) in [6.07, 6.45) is 2.09. The molecule has 0 radical (unpaired) electrons. The highest BCUT2D eigenvalue weighted by Gasteiger charge is 2.25. The zero-order chi connectivity index (χ0) is 15.8. The summed E-state index contributed by atoms with van der Waals surface area (Å²) in [6, 6.07) is 18.5. The minimum absolute atomic E-state index is 0.364. The molecule has 116 valence electrons. The van der Waals surface area contributed by atoms with Gasteiger partial charge in [-0.2, -0.15) is 0 Å². The van der Waals surface area contributed by atoms with Crippen LogP contribution in [0.1, 0.15) is 12.0 Å². The second-order valence-electron chi connectivity index (χ2n) is 5.12. The number of allylic oxidation sites excluding steroid dienone is 1. The van der Waals surface area contributed by atoms with Gasteiger partial charge in [-0.1, -0.05) is 54.6 Å². The molecule has 2 aromatic carbocycles. The molecule has 0 fully saturated rings. The number of benzene rings is 2. The minimum atomic E-state index is -3.35. The molecule has 22 heavy (non-hydrogen) atoms. The summed E-state index contributed by atoms with van der Waals surface area (Å²) < 4.78 is 25.4. The summed E-state index contributed by atoms with van der Waals surface area (Å²) in [5.74, 6) is 0. The van der Waals surface area contributed by atoms with E-state index in [0.717, 1.165) is 5.56 Å². The Balaban J connectivity index is 2.05. The SMILES string of the molecule is C=CCC(CNCc1ccccc1)S(=O)(=O)c1ccccc1. The molecule has 0 amide bonds. The molecule has 4 heteroatoms. The van der Waals surface area contributed by atoms with Gasteiger partial charge in [-0.3, -0.25) is 0 Å². The van der Waals surface area contributed by atoms with Crippen molar-refractivity contribution < 1.29 is 8.42 Å². The van der Waals surface area contributed by atoms with E-state index >= 15 is 0 Å². The van der Waals surface area contributed by atoms with Crippen molar-refractivity contribution in [3.05, 3.63) is 78.9 Å². The van der Waals surface area contributed by atoms with Crippen molar-refractivity contribution in [1.29, 1.82) is 0 Å². The molecule has 0 aromatic heterocycles. The predicted molar refractivity (Wildman–Crippen MR) is 90.4 cm³/mol. The van der Waals surface area contributed by atoms with Crippen LogP contribution in [-0.4, -0.2) is 20.2 Å². The molecule has 3 nitrogen and oxygen atoms in total. The van der Waals surface area contributed by atoms with E-state index < -0.39 is 15.1 Å². The van der Waals surface area contributed by atoms with Crippen LogP contribution in [0.3, 0.4) is 0 Å². The average Bonchev–Trinajstić information content (AvgIpc) is 2.56. The van der Waals surface area contributed by atoms with Crippen molar-refractivity contribution >= 4 is 9.84 Å². The van der Waals surface area contributed by atoms with Crippen LogP contribution in [0.4, 0.5) is 0 Å². The first-order valence-corrected chi connectivity index (χ1v) is 8.83. The largest absolute Gasteiger partial charge is 0.311 e. The molecule has 0 saturated heterocycles. The first-order valence-electron chi connectivity index (χ1n) is 7.29. The van der Waals surface area contributed by atoms with Gasteiger partial charge in [0.2, 0.25) is 0 Å². The lowest BCUT2D eigenvalue weighted by Crippen LogP contribution is -2.33. The van der Waals surface area contributed by atoms with E-state index in [-0.39, 0.29) is 0 Å². The van der Waals surface area contributed by atoms with E-state index in [2.05, 4.69) is 11.9 Å². The zero-order valence-electron chi connectivity index (χ0n) is 12.5. The molecule has 1 N–H and O–H groups in total. The Morgan fingerprint density at radius 1 is 1.00 bits per heavy atom. The molecule has 0 aliphatic heterocycles. The monoisotopic (exact) mass is 315 g/mol. The summed E-state index contributed by atoms with van der Waals surface area (Å²) in [5, 5.41) is 2.73. The Hall–Kier alpha value is -1.91. The van der Waals surface area contributed by atoms with E-state index in [4.69, 9.17) is 0 Å². The molecule has 0 spiro atoms. The fourth-order valence-electron chi connectivity index (χ4n) is 2.28. The van der Waals surface area contributed by atoms with Gasteiger partial charge in [0.15, 0.2) is 9.84 Å². The number of nitrogens with one attached hydrogen (secondary N) is 1. The summed E-state index contributed by atoms with van der Waals surface area (Å²) in [5.41, 5.74) is 1.14. The van der Waals surface area contributed by atoms with Gasteiger partial charge in [0.1, 0.15) is 0 Å². The third-order valence-corrected chi connectivity index (χ3v) is 5.65. The molecule has 0 aliphatic carbocycles. The van der Waals surface area contributed by atoms with Gasteiger partial charge < -0.3 is 5.32 Å². The van der Waals surface area contributed by atoms with Crippen molar-refractivity contribution in [3.63, 3.8) is 0 Å². The van der Waals surface area contributed by atoms with Gasteiger partial charge in [0.05, 0.1) is 10.1 Å². The lowest BCUT2D eigenvalue weighted by atomic mass is 10.2. The van der Waals surface area contributed by atoms with Crippen LogP contribution in [0.2, 0.25) is 0 Å². The Bertz CT molecular complexity index is 682. The summed E-state index contributed by atoms with van der Waals surface area (Å²) in [4.78, 5) is 0.364. The van der Waals surface area contributed by atoms with Crippen LogP contribution < -0.4 is 5.32 Å². The van der Waals surface area contributed by atoms with Crippen LogP contribution in [0, 0.1) is 0 Å². The quantitative estimate of drug-likeness (QED) is 0.761. The van der Waals surface area contributed by atoms with Crippen LogP contribution in [-0.2, 0) is 16.4 Å². The van der Waals surface area contributed by atoms with E-state index in [1.807, 2.05) is 36.4 Å². The highest BCUT2D eigenvalue weighted by atomic mass is 32.2. The van der Waals surface area contributed by atoms with Crippen molar-refractivity contribution in [2.45, 2.75) is 23.1 Å². The maximum atomic E-state index is 12.7. The fourth-order valence-corrected chi connectivity index (χ4v) is 3.93. The lowest BCUT2D eigenvalue weighted by molar-refractivity contribution is 0.563. The van der Waals surface area contributed by atoms with Gasteiger partial charge in [-0.05, 0) is 24.1 Å². The lowest BCUT2D eigenvalue weighted by Gasteiger charge is -2.17. The maximum Gasteiger partial charge on any atom is 0.182 e. The van der Waals surface area contributed by atoms with Gasteiger partial charge in [-0.15, -0.1) is 6.58 Å². The minimum Gasteiger partial charge on any atom is -0.311 e. The first-order chi connectivity index (χ1) is 10.6. The van der Waals surface area contributed by atoms with E-state index in [0.29, 0.717) is 24.4 Å². The maximum absolute atomic E-state index is 12.7. The van der Waals surface area contributed by atoms with Crippen LogP contribution in [0.5, 0.6) is 0 Å². The topological polar surface area (TPSA) is 46.2 Å². The summed E-state index contributed by atoms with van der Waals surface area (Å²) in [7, 11) is -3.35. The van der Waals surface area contributed by atoms with E-state index in [9.17, 15) is 8.42 Å². The molecule has 0 heterocycles. The fraction of sp³-hybridized carbons (Fsp3) is 0.222. The van der Waals surface area contributed by atoms with Gasteiger partial charge in [0.25, 0.3) is 0 Å². The number of sulfone groups is 1. The summed E-state index contributed by atoms with van der Waals surface area (Å²) in [6.45, 7) is 4.73. The van der Waals surface area contributed by atoms with Gasteiger partial charge in [-0.25, -0.2) is 8.42 Å². The van der Waals surface area contributed by atoms with Gasteiger partial charge >= 0.3 is 0 Å². The highest BCUT2D eigenvalue weighted by molar-refractivity contribution is 7.92. The second-order valence-corrected chi connectivity index (χ2v) is 7.35. The van der Waals surface area contributed by atoms with Crippen molar-refractivity contribution in [3.8, 4) is 0 Å². The van der Waals surface area contributed by atoms with Crippen molar-refractivity contribution in [2.75, 3.05) is 6.54 Å². The molecule has 1 atom stereocenters. The number of hydrogen-bond acceptors (Lipinski definition) is 3. The second kappa shape index (κ2) is 7.92. The Labute approximate surface area is 132 Å². The molecular weight excluding hydrogens is 294 g/mol. The molecule has 0 aliphatic rings. The Morgan fingerprint density at radius 3 is 2.18 bits per heavy atom. The van der Waals surface area contributed by atoms with Crippen LogP contribution in [0.25, 0.3) is 0 Å². The molecule has 2 rings (SSSR count). The molecular formula is C18H21NO2S. The van der Waals surface area contributed by atoms with Crippen molar-refractivity contribution in [1.82, 2.24) is 5.32 Å². The molecule has 0 bridgehead atoms. The average molecular weight is 315 g/mol. The standard InChI is InChI=1S/C18H21NO2S/c1-2-9-18(15-19-14-16-10-5-3-6-11-16)22(20,21)17-12-7-4-8-13-17/h2-8,10-13,18-19H,1,9,14-15H2. The third kappa shape index (κ3) is 4.29. The number of hydrogen-bond donors (Lipinski definition) is 1. The van der Waals surface area contributed by atoms with Gasteiger partial charge in [0, 0.05) is 13.1 Å². The zero-order valence-corrected chi connectivity index (χ0v) is 13.3. The summed E-state index contributed by atoms with van der Waals surface area (Å²) >= 11 is 0. The molecule has 1 unspecified atom stereocenters. The third-order valence-electron chi connectivity index (χ3n) is 3.48. The molecule has 2 aromatic rings. The van der Waals surface area contributed by atoms with Crippen LogP contribution >= 0.6 is 0 Å². The first kappa shape index (κ1) is 16.5. The van der Waals surface area contributed by atoms with E-state index in [1.54, 1.807) is 30.3 Å². The highest BCUT2D eigenvalue weighted by Crippen LogP contribution is 2.18. The Morgan fingerprint density at radius 2 is 1.59 bits per heavy atom. The van der Waals surface area contributed by atoms with E-state index in [1.165, 1.54) is 0 Å². The smallest absolute Gasteiger partial charge is 0.182 e. The number of rotatable bonds is 8. The normalized spacial score (nSPS) is 12.7.